The van der Waals surface area contributed by atoms with Crippen LogP contribution in [0.5, 0.6) is 0 Å². The van der Waals surface area contributed by atoms with Crippen molar-refractivity contribution in [3.63, 3.8) is 0 Å². The van der Waals surface area contributed by atoms with Gasteiger partial charge in [-0.25, -0.2) is 0 Å². The largest absolute Gasteiger partial charge is 0.322 e. The lowest BCUT2D eigenvalue weighted by Crippen LogP contribution is -2.27. The van der Waals surface area contributed by atoms with Crippen molar-refractivity contribution in [2.24, 2.45) is 13.0 Å². The number of nitrogens with zero attached hydrogens (tertiary/aromatic N) is 6. The molecule has 0 aromatic carbocycles. The number of amides is 2. The zero-order valence-corrected chi connectivity index (χ0v) is 19.3. The van der Waals surface area contributed by atoms with E-state index in [0.29, 0.717) is 29.5 Å². The van der Waals surface area contributed by atoms with Crippen molar-refractivity contribution in [2.75, 3.05) is 10.6 Å². The highest BCUT2D eigenvalue weighted by Crippen LogP contribution is 2.22. The van der Waals surface area contributed by atoms with Crippen LogP contribution in [0.15, 0.2) is 12.4 Å². The topological polar surface area (TPSA) is 112 Å². The molecule has 3 heterocycles. The van der Waals surface area contributed by atoms with Gasteiger partial charge in [0, 0.05) is 13.6 Å². The first-order valence-electron chi connectivity index (χ1n) is 10.00. The van der Waals surface area contributed by atoms with Crippen LogP contribution in [-0.4, -0.2) is 41.2 Å². The summed E-state index contributed by atoms with van der Waals surface area (Å²) in [4.78, 5) is 25.8. The van der Waals surface area contributed by atoms with Crippen molar-refractivity contribution in [2.45, 2.75) is 47.7 Å². The molecule has 1 atom stereocenters. The number of aromatic nitrogens is 6. The summed E-state index contributed by atoms with van der Waals surface area (Å²) < 4.78 is 4.93. The molecule has 2 N–H and O–H groups in total. The molecule has 11 heteroatoms. The summed E-state index contributed by atoms with van der Waals surface area (Å²) in [6.07, 6.45) is 3.07. The average Bonchev–Trinajstić information content (AvgIpc) is 3.36. The number of anilines is 2. The Morgan fingerprint density at radius 1 is 1.06 bits per heavy atom. The van der Waals surface area contributed by atoms with Gasteiger partial charge >= 0.3 is 0 Å². The lowest BCUT2D eigenvalue weighted by molar-refractivity contribution is -0.119. The van der Waals surface area contributed by atoms with Crippen LogP contribution in [0, 0.1) is 26.7 Å². The first-order valence-corrected chi connectivity index (χ1v) is 10.4. The quantitative estimate of drug-likeness (QED) is 0.579. The third-order valence-electron chi connectivity index (χ3n) is 5.28. The van der Waals surface area contributed by atoms with Crippen LogP contribution in [-0.2, 0) is 24.9 Å². The van der Waals surface area contributed by atoms with Gasteiger partial charge < -0.3 is 10.6 Å². The maximum Gasteiger partial charge on any atom is 0.276 e. The minimum atomic E-state index is -0.407. The van der Waals surface area contributed by atoms with Gasteiger partial charge in [-0.3, -0.25) is 23.6 Å². The van der Waals surface area contributed by atoms with Gasteiger partial charge in [-0.15, -0.1) is 0 Å². The van der Waals surface area contributed by atoms with E-state index in [4.69, 9.17) is 11.6 Å². The first kappa shape index (κ1) is 22.5. The minimum absolute atomic E-state index is 0.245. The van der Waals surface area contributed by atoms with Gasteiger partial charge in [0.2, 0.25) is 5.91 Å². The van der Waals surface area contributed by atoms with Gasteiger partial charge in [-0.1, -0.05) is 18.5 Å². The van der Waals surface area contributed by atoms with E-state index >= 15 is 0 Å². The van der Waals surface area contributed by atoms with Crippen molar-refractivity contribution >= 4 is 34.8 Å². The molecule has 0 aliphatic carbocycles. The van der Waals surface area contributed by atoms with Crippen molar-refractivity contribution < 1.29 is 9.59 Å². The lowest BCUT2D eigenvalue weighted by atomic mass is 10.1. The van der Waals surface area contributed by atoms with Crippen LogP contribution in [0.25, 0.3) is 0 Å². The molecule has 3 aromatic rings. The standard InChI is InChI=1S/C20H27ClN8O2/c1-7-28-18(20(31)24-15-8-22-27(6)13(15)4)16(9-23-28)25-19(30)11(2)10-29-14(5)17(21)12(3)26-29/h8-9,11H,7,10H2,1-6H3,(H,24,31)(H,25,30). The highest BCUT2D eigenvalue weighted by atomic mass is 35.5. The van der Waals surface area contributed by atoms with Gasteiger partial charge in [0.05, 0.1) is 58.3 Å². The van der Waals surface area contributed by atoms with Crippen LogP contribution in [0.1, 0.15) is 41.4 Å². The first-order chi connectivity index (χ1) is 14.6. The fraction of sp³-hybridized carbons (Fsp3) is 0.450. The highest BCUT2D eigenvalue weighted by Gasteiger charge is 2.24. The van der Waals surface area contributed by atoms with E-state index in [-0.39, 0.29) is 17.5 Å². The number of carbonyl (C=O) groups excluding carboxylic acids is 2. The molecule has 0 aliphatic rings. The second-order valence-electron chi connectivity index (χ2n) is 7.50. The molecule has 0 spiro atoms. The predicted octanol–water partition coefficient (Wildman–Crippen LogP) is 2.94. The van der Waals surface area contributed by atoms with Crippen LogP contribution >= 0.6 is 11.6 Å². The maximum absolute atomic E-state index is 13.0. The van der Waals surface area contributed by atoms with E-state index in [0.717, 1.165) is 17.1 Å². The maximum atomic E-state index is 13.0. The molecule has 0 aliphatic heterocycles. The third kappa shape index (κ3) is 4.48. The van der Waals surface area contributed by atoms with Crippen LogP contribution in [0.4, 0.5) is 11.4 Å². The summed E-state index contributed by atoms with van der Waals surface area (Å²) in [5.74, 6) is -1.02. The lowest BCUT2D eigenvalue weighted by Gasteiger charge is -2.14. The summed E-state index contributed by atoms with van der Waals surface area (Å²) in [7, 11) is 1.80. The number of halogens is 1. The van der Waals surface area contributed by atoms with Crippen LogP contribution in [0.3, 0.4) is 0 Å². The Morgan fingerprint density at radius 3 is 2.29 bits per heavy atom. The molecule has 2 amide bonds. The fourth-order valence-electron chi connectivity index (χ4n) is 3.21. The molecule has 0 bridgehead atoms. The number of carbonyl (C=O) groups is 2. The summed E-state index contributed by atoms with van der Waals surface area (Å²) in [6.45, 7) is 10.1. The normalized spacial score (nSPS) is 12.1. The molecular formula is C20H27ClN8O2. The van der Waals surface area contributed by atoms with E-state index in [1.807, 2.05) is 27.7 Å². The summed E-state index contributed by atoms with van der Waals surface area (Å²) in [5.41, 5.74) is 3.58. The summed E-state index contributed by atoms with van der Waals surface area (Å²) >= 11 is 6.20. The number of aryl methyl sites for hydroxylation is 3. The van der Waals surface area contributed by atoms with Crippen LogP contribution < -0.4 is 10.6 Å². The predicted molar refractivity (Wildman–Crippen MR) is 118 cm³/mol. The van der Waals surface area contributed by atoms with Gasteiger partial charge in [-0.05, 0) is 27.7 Å². The van der Waals surface area contributed by atoms with Gasteiger partial charge in [0.15, 0.2) is 0 Å². The Labute approximate surface area is 185 Å². The van der Waals surface area contributed by atoms with Gasteiger partial charge in [0.1, 0.15) is 5.69 Å². The molecule has 0 saturated heterocycles. The van der Waals surface area contributed by atoms with E-state index in [2.05, 4.69) is 25.9 Å². The number of nitrogens with one attached hydrogen (secondary N) is 2. The van der Waals surface area contributed by atoms with Crippen molar-refractivity contribution in [3.05, 3.63) is 40.2 Å². The minimum Gasteiger partial charge on any atom is -0.322 e. The third-order valence-corrected chi connectivity index (χ3v) is 5.83. The summed E-state index contributed by atoms with van der Waals surface area (Å²) in [5, 5.41) is 19.0. The Bertz CT molecular complexity index is 1130. The van der Waals surface area contributed by atoms with Gasteiger partial charge in [-0.2, -0.15) is 15.3 Å². The monoisotopic (exact) mass is 446 g/mol. The second-order valence-corrected chi connectivity index (χ2v) is 7.88. The van der Waals surface area contributed by atoms with Crippen molar-refractivity contribution in [1.29, 1.82) is 0 Å². The Kier molecular flexibility index (Phi) is 6.49. The SMILES string of the molecule is CCn1ncc(NC(=O)C(C)Cn2nc(C)c(Cl)c2C)c1C(=O)Nc1cnn(C)c1C. The Balaban J connectivity index is 1.77. The number of hydrogen-bond donors (Lipinski definition) is 2. The van der Waals surface area contributed by atoms with Crippen LogP contribution in [0.2, 0.25) is 5.02 Å². The zero-order chi connectivity index (χ0) is 22.9. The molecule has 31 heavy (non-hydrogen) atoms. The van der Waals surface area contributed by atoms with Gasteiger partial charge in [0.25, 0.3) is 5.91 Å². The molecule has 10 nitrogen and oxygen atoms in total. The van der Waals surface area contributed by atoms with Crippen molar-refractivity contribution in [3.8, 4) is 0 Å². The highest BCUT2D eigenvalue weighted by molar-refractivity contribution is 6.31. The molecule has 0 saturated carbocycles. The van der Waals surface area contributed by atoms with Crippen molar-refractivity contribution in [1.82, 2.24) is 29.3 Å². The molecule has 3 aromatic heterocycles. The zero-order valence-electron chi connectivity index (χ0n) is 18.5. The smallest absolute Gasteiger partial charge is 0.276 e. The van der Waals surface area contributed by atoms with E-state index in [9.17, 15) is 9.59 Å². The molecule has 3 rings (SSSR count). The van der Waals surface area contributed by atoms with E-state index in [1.165, 1.54) is 6.20 Å². The average molecular weight is 447 g/mol. The summed E-state index contributed by atoms with van der Waals surface area (Å²) in [6, 6.07) is 0. The molecule has 0 fully saturated rings. The Hall–Kier alpha value is -3.14. The molecule has 1 unspecified atom stereocenters. The molecule has 0 radical (unpaired) electrons. The van der Waals surface area contributed by atoms with E-state index in [1.54, 1.807) is 34.2 Å². The van der Waals surface area contributed by atoms with E-state index < -0.39 is 5.92 Å². The Morgan fingerprint density at radius 2 is 1.74 bits per heavy atom. The fourth-order valence-corrected chi connectivity index (χ4v) is 3.35. The molecule has 166 valence electrons. The number of rotatable bonds is 7. The molecular weight excluding hydrogens is 420 g/mol. The number of hydrogen-bond acceptors (Lipinski definition) is 5. The second kappa shape index (κ2) is 8.93.